The Labute approximate surface area is 424 Å². The molecule has 0 spiro atoms. The molecule has 2 aromatic heterocycles. The molecule has 0 aliphatic rings. The van der Waals surface area contributed by atoms with Crippen LogP contribution >= 0.6 is 0 Å². The van der Waals surface area contributed by atoms with E-state index in [4.69, 9.17) is 0 Å². The first-order chi connectivity index (χ1) is 35.6. The van der Waals surface area contributed by atoms with Gasteiger partial charge >= 0.3 is 12.4 Å². The summed E-state index contributed by atoms with van der Waals surface area (Å²) in [5.74, 6) is 0. The smallest absolute Gasteiger partial charge is 0.307 e. The van der Waals surface area contributed by atoms with Crippen molar-refractivity contribution >= 4 is 43.6 Å². The zero-order valence-corrected chi connectivity index (χ0v) is 40.8. The average Bonchev–Trinajstić information content (AvgIpc) is 3.93. The van der Waals surface area contributed by atoms with E-state index in [2.05, 4.69) is 48.5 Å². The fourth-order valence-corrected chi connectivity index (χ4v) is 11.1. The van der Waals surface area contributed by atoms with Crippen molar-refractivity contribution in [3.63, 3.8) is 0 Å². The van der Waals surface area contributed by atoms with Gasteiger partial charge in [0.15, 0.2) is 0 Å². The Kier molecular flexibility index (Phi) is 11.0. The van der Waals surface area contributed by atoms with Gasteiger partial charge in [-0.15, -0.1) is 0 Å². The lowest BCUT2D eigenvalue weighted by atomic mass is 9.95. The second kappa shape index (κ2) is 17.6. The summed E-state index contributed by atoms with van der Waals surface area (Å²) in [7, 11) is 0. The summed E-state index contributed by atoms with van der Waals surface area (Å²) >= 11 is 0. The number of benzene rings is 10. The van der Waals surface area contributed by atoms with Gasteiger partial charge in [-0.3, -0.25) is 0 Å². The second-order valence-corrected chi connectivity index (χ2v) is 19.3. The molecule has 0 saturated heterocycles. The highest BCUT2D eigenvalue weighted by Crippen LogP contribution is 2.48. The van der Waals surface area contributed by atoms with E-state index in [-0.39, 0.29) is 16.8 Å². The first kappa shape index (κ1) is 46.5. The molecule has 0 bridgehead atoms. The highest BCUT2D eigenvalue weighted by atomic mass is 19.4. The first-order valence-electron chi connectivity index (χ1n) is 24.5. The molecule has 2 heterocycles. The van der Waals surface area contributed by atoms with Crippen molar-refractivity contribution in [2.45, 2.75) is 40.0 Å². The molecule has 74 heavy (non-hydrogen) atoms. The van der Waals surface area contributed by atoms with Crippen molar-refractivity contribution in [2.24, 2.45) is 0 Å². The number of hydrogen-bond acceptors (Lipinski definition) is 0. The SMILES string of the molecule is Cc1ccccc1-c1ccc2c3ccc(-c4ccccc4C)cc3n(-c3cc(-c4cccc(C(F)(F)F)c4)c(C(F)(F)F)cc3-n3c4cc(-c5ccccc5C)ccc4c4ccc(-c5ccccc5C)cc43)c2c1. The molecule has 362 valence electrons. The molecule has 0 N–H and O–H groups in total. The van der Waals surface area contributed by atoms with Gasteiger partial charge in [0.25, 0.3) is 0 Å². The van der Waals surface area contributed by atoms with Crippen LogP contribution < -0.4 is 0 Å². The van der Waals surface area contributed by atoms with Gasteiger partial charge in [-0.25, -0.2) is 0 Å². The van der Waals surface area contributed by atoms with Crippen LogP contribution in [-0.2, 0) is 12.4 Å². The molecule has 0 atom stereocenters. The van der Waals surface area contributed by atoms with Gasteiger partial charge < -0.3 is 9.13 Å². The summed E-state index contributed by atoms with van der Waals surface area (Å²) in [6.45, 7) is 8.14. The molecular weight excluding hydrogens is 935 g/mol. The molecule has 0 amide bonds. The molecular formula is C66H46F6N2. The van der Waals surface area contributed by atoms with E-state index >= 15 is 13.2 Å². The Hall–Kier alpha value is -8.62. The molecule has 0 fully saturated rings. The van der Waals surface area contributed by atoms with Crippen molar-refractivity contribution < 1.29 is 26.3 Å². The second-order valence-electron chi connectivity index (χ2n) is 19.3. The van der Waals surface area contributed by atoms with E-state index in [1.165, 1.54) is 18.2 Å². The minimum absolute atomic E-state index is 0.193. The van der Waals surface area contributed by atoms with Crippen molar-refractivity contribution in [1.82, 2.24) is 9.13 Å². The standard InChI is InChI=1S/C66H46F6N2/c1-39-14-5-9-20-49(39)44-24-28-53-54-29-25-45(50-21-10-6-15-40(50)2)34-60(54)73(59(53)33-44)63-37-57(43-18-13-19-48(32-43)65(67,68)69)58(66(70,71)72)38-64(63)74-61-35-46(51-22-11-7-16-41(51)3)26-30-55(61)56-31-27-47(36-62(56)74)52-23-12-8-17-42(52)4/h5-38H,1-4H3. The zero-order chi connectivity index (χ0) is 51.2. The number of hydrogen-bond donors (Lipinski definition) is 0. The summed E-state index contributed by atoms with van der Waals surface area (Å²) in [6, 6.07) is 63.6. The van der Waals surface area contributed by atoms with Crippen molar-refractivity contribution in [3.8, 4) is 67.0 Å². The first-order valence-corrected chi connectivity index (χ1v) is 24.5. The Morgan fingerprint density at radius 2 is 0.608 bits per heavy atom. The molecule has 12 rings (SSSR count). The highest BCUT2D eigenvalue weighted by molar-refractivity contribution is 6.14. The van der Waals surface area contributed by atoms with E-state index in [0.29, 0.717) is 27.8 Å². The van der Waals surface area contributed by atoms with Gasteiger partial charge in [0, 0.05) is 21.5 Å². The third-order valence-corrected chi connectivity index (χ3v) is 14.8. The van der Waals surface area contributed by atoms with Crippen LogP contribution in [0.15, 0.2) is 206 Å². The van der Waals surface area contributed by atoms with Crippen molar-refractivity contribution in [2.75, 3.05) is 0 Å². The fraction of sp³-hybridized carbons (Fsp3) is 0.0909. The zero-order valence-electron chi connectivity index (χ0n) is 40.8. The van der Waals surface area contributed by atoms with Gasteiger partial charge in [0.05, 0.1) is 44.6 Å². The van der Waals surface area contributed by atoms with Crippen LogP contribution in [0, 0.1) is 27.7 Å². The number of aromatic nitrogens is 2. The van der Waals surface area contributed by atoms with E-state index in [9.17, 15) is 13.2 Å². The lowest BCUT2D eigenvalue weighted by molar-refractivity contribution is -0.137. The summed E-state index contributed by atoms with van der Waals surface area (Å²) < 4.78 is 96.5. The maximum absolute atomic E-state index is 16.3. The van der Waals surface area contributed by atoms with Gasteiger partial charge in [0.2, 0.25) is 0 Å². The van der Waals surface area contributed by atoms with E-state index in [1.807, 2.05) is 158 Å². The van der Waals surface area contributed by atoms with Gasteiger partial charge in [0.1, 0.15) is 0 Å². The number of halogens is 6. The normalized spacial score (nSPS) is 12.2. The molecule has 0 radical (unpaired) electrons. The van der Waals surface area contributed by atoms with Crippen LogP contribution in [0.25, 0.3) is 111 Å². The quantitative estimate of drug-likeness (QED) is 0.141. The van der Waals surface area contributed by atoms with Crippen molar-refractivity contribution in [1.29, 1.82) is 0 Å². The number of fused-ring (bicyclic) bond motifs is 6. The van der Waals surface area contributed by atoms with Crippen LogP contribution in [-0.4, -0.2) is 9.13 Å². The Morgan fingerprint density at radius 1 is 0.284 bits per heavy atom. The third kappa shape index (κ3) is 7.84. The number of nitrogens with zero attached hydrogens (tertiary/aromatic N) is 2. The maximum Gasteiger partial charge on any atom is 0.417 e. The Morgan fingerprint density at radius 3 is 0.932 bits per heavy atom. The van der Waals surface area contributed by atoms with Crippen molar-refractivity contribution in [3.05, 3.63) is 240 Å². The molecule has 0 saturated carbocycles. The van der Waals surface area contributed by atoms with Crippen LogP contribution in [0.5, 0.6) is 0 Å². The minimum Gasteiger partial charge on any atom is -0.307 e. The summed E-state index contributed by atoms with van der Waals surface area (Å²) in [4.78, 5) is 0. The lowest BCUT2D eigenvalue weighted by Gasteiger charge is -2.23. The molecule has 0 aliphatic carbocycles. The van der Waals surface area contributed by atoms with Gasteiger partial charge in [-0.05, 0) is 154 Å². The number of alkyl halides is 6. The predicted octanol–water partition coefficient (Wildman–Crippen LogP) is 19.5. The van der Waals surface area contributed by atoms with E-state index in [1.54, 1.807) is 0 Å². The van der Waals surface area contributed by atoms with Crippen LogP contribution in [0.1, 0.15) is 33.4 Å². The molecule has 10 aromatic carbocycles. The number of aryl methyl sites for hydroxylation is 4. The molecule has 12 aromatic rings. The fourth-order valence-electron chi connectivity index (χ4n) is 11.1. The molecule has 8 heteroatoms. The lowest BCUT2D eigenvalue weighted by Crippen LogP contribution is -2.12. The minimum atomic E-state index is -5.01. The Balaban J connectivity index is 1.29. The van der Waals surface area contributed by atoms with Gasteiger partial charge in [-0.2, -0.15) is 26.3 Å². The maximum atomic E-state index is 16.3. The third-order valence-electron chi connectivity index (χ3n) is 14.8. The summed E-state index contributed by atoms with van der Waals surface area (Å²) in [5.41, 5.74) is 12.1. The number of rotatable bonds is 7. The highest BCUT2D eigenvalue weighted by Gasteiger charge is 2.37. The van der Waals surface area contributed by atoms with Crippen LogP contribution in [0.3, 0.4) is 0 Å². The van der Waals surface area contributed by atoms with E-state index in [0.717, 1.165) is 107 Å². The largest absolute Gasteiger partial charge is 0.417 e. The van der Waals surface area contributed by atoms with Crippen LogP contribution in [0.4, 0.5) is 26.3 Å². The monoisotopic (exact) mass is 980 g/mol. The topological polar surface area (TPSA) is 9.86 Å². The molecule has 0 aliphatic heterocycles. The Bertz CT molecular complexity index is 4020. The summed E-state index contributed by atoms with van der Waals surface area (Å²) in [5, 5.41) is 3.35. The molecule has 0 unspecified atom stereocenters. The van der Waals surface area contributed by atoms with E-state index < -0.39 is 23.5 Å². The predicted molar refractivity (Wildman–Crippen MR) is 291 cm³/mol. The average molecular weight is 981 g/mol. The molecule has 2 nitrogen and oxygen atoms in total. The van der Waals surface area contributed by atoms with Gasteiger partial charge in [-0.1, -0.05) is 158 Å². The van der Waals surface area contributed by atoms with Crippen LogP contribution in [0.2, 0.25) is 0 Å². The summed E-state index contributed by atoms with van der Waals surface area (Å²) in [6.07, 6.45) is -9.82.